The first-order chi connectivity index (χ1) is 16.2. The molecule has 4 fully saturated rings. The minimum atomic E-state index is 0.283. The minimum Gasteiger partial charge on any atom is -0.396 e. The van der Waals surface area contributed by atoms with Crippen molar-refractivity contribution < 1.29 is 38.6 Å². The zero-order valence-electron chi connectivity index (χ0n) is 19.9. The summed E-state index contributed by atoms with van der Waals surface area (Å²) in [5.74, 6) is 0. The van der Waals surface area contributed by atoms with Gasteiger partial charge in [-0.05, 0) is 19.8 Å². The van der Waals surface area contributed by atoms with Crippen LogP contribution in [0.4, 0.5) is 0 Å². The van der Waals surface area contributed by atoms with Gasteiger partial charge in [-0.15, -0.1) is 0 Å². The molecule has 0 spiro atoms. The number of unbranched alkanes of at least 4 members (excludes halogenated alkanes) is 3. The lowest BCUT2D eigenvalue weighted by Crippen LogP contribution is -2.06. The van der Waals surface area contributed by atoms with Crippen LogP contribution in [0.15, 0.2) is 30.3 Å². The minimum absolute atomic E-state index is 0.283. The molecule has 0 aliphatic carbocycles. The number of ether oxygens (including phenoxy) is 6. The summed E-state index contributed by atoms with van der Waals surface area (Å²) >= 11 is 0. The van der Waals surface area contributed by atoms with Crippen molar-refractivity contribution in [3.05, 3.63) is 35.9 Å². The van der Waals surface area contributed by atoms with Crippen LogP contribution in [-0.4, -0.2) is 101 Å². The van der Waals surface area contributed by atoms with E-state index in [4.69, 9.17) is 38.6 Å². The Balaban J connectivity index is 0.000000157. The topological polar surface area (TPSA) is 109 Å². The first kappa shape index (κ1) is 28.1. The molecule has 4 saturated heterocycles. The first-order valence-electron chi connectivity index (χ1n) is 12.1. The third-order valence-electron chi connectivity index (χ3n) is 4.83. The summed E-state index contributed by atoms with van der Waals surface area (Å²) in [6, 6.07) is 10.3. The molecule has 4 aliphatic heterocycles. The molecule has 0 aromatic heterocycles. The molecule has 4 atom stereocenters. The highest BCUT2D eigenvalue weighted by atomic mass is 16.6. The normalized spacial score (nSPS) is 25.3. The van der Waals surface area contributed by atoms with E-state index < -0.39 is 0 Å². The maximum Gasteiger partial charge on any atom is 0.104 e. The Labute approximate surface area is 198 Å². The van der Waals surface area contributed by atoms with Gasteiger partial charge in [0, 0.05) is 13.2 Å². The number of benzene rings is 1. The van der Waals surface area contributed by atoms with Crippen molar-refractivity contribution in [1.29, 1.82) is 0 Å². The molecule has 4 unspecified atom stereocenters. The van der Waals surface area contributed by atoms with Gasteiger partial charge in [0.1, 0.15) is 24.4 Å². The molecule has 33 heavy (non-hydrogen) atoms. The number of rotatable bonds is 13. The summed E-state index contributed by atoms with van der Waals surface area (Å²) in [5, 5.41) is 16.6. The Bertz CT molecular complexity index is 501. The van der Waals surface area contributed by atoms with Crippen LogP contribution in [0.2, 0.25) is 0 Å². The summed E-state index contributed by atoms with van der Waals surface area (Å²) in [6.45, 7) is 9.17. The predicted octanol–water partition coefficient (Wildman–Crippen LogP) is 2.13. The van der Waals surface area contributed by atoms with Crippen LogP contribution in [0.5, 0.6) is 0 Å². The van der Waals surface area contributed by atoms with E-state index in [1.54, 1.807) is 0 Å². The molecular formula is C25H42O8. The molecule has 4 heterocycles. The highest BCUT2D eigenvalue weighted by Gasteiger charge is 2.27. The van der Waals surface area contributed by atoms with Crippen molar-refractivity contribution in [2.24, 2.45) is 0 Å². The lowest BCUT2D eigenvalue weighted by molar-refractivity contribution is 0.102. The summed E-state index contributed by atoms with van der Waals surface area (Å²) in [4.78, 5) is 0. The Morgan fingerprint density at radius 2 is 0.970 bits per heavy atom. The summed E-state index contributed by atoms with van der Waals surface area (Å²) in [6.07, 6.45) is 5.40. The van der Waals surface area contributed by atoms with Crippen LogP contribution in [0.25, 0.3) is 0 Å². The van der Waals surface area contributed by atoms with E-state index in [-0.39, 0.29) is 13.2 Å². The van der Waals surface area contributed by atoms with Crippen LogP contribution in [0, 0.1) is 6.92 Å². The second-order valence-corrected chi connectivity index (χ2v) is 8.41. The molecule has 0 bridgehead atoms. The molecule has 5 rings (SSSR count). The summed E-state index contributed by atoms with van der Waals surface area (Å²) < 4.78 is 30.2. The first-order valence-corrected chi connectivity index (χ1v) is 12.1. The molecule has 0 saturated carbocycles. The van der Waals surface area contributed by atoms with E-state index in [0.29, 0.717) is 24.4 Å². The van der Waals surface area contributed by atoms with E-state index in [1.165, 1.54) is 5.56 Å². The smallest absolute Gasteiger partial charge is 0.104 e. The van der Waals surface area contributed by atoms with E-state index in [2.05, 4.69) is 19.1 Å². The number of aliphatic hydroxyl groups is 2. The van der Waals surface area contributed by atoms with E-state index in [9.17, 15) is 0 Å². The second-order valence-electron chi connectivity index (χ2n) is 8.41. The van der Waals surface area contributed by atoms with Gasteiger partial charge < -0.3 is 38.6 Å². The Morgan fingerprint density at radius 3 is 1.18 bits per heavy atom. The van der Waals surface area contributed by atoms with E-state index in [0.717, 1.165) is 78.5 Å². The highest BCUT2D eigenvalue weighted by molar-refractivity contribution is 5.11. The van der Waals surface area contributed by atoms with Gasteiger partial charge in [0.25, 0.3) is 0 Å². The van der Waals surface area contributed by atoms with Gasteiger partial charge >= 0.3 is 0 Å². The standard InChI is InChI=1S/C7H8.2C6H10O3.C6H14O2/c1-7-5-3-2-4-6-7;2*1(5-3-8-5)7-2-6-4-9-6;7-5-3-1-2-4-6-8/h2-6H,1H3;2*5-6H,1-4H2;7-8H,1-6H2. The molecule has 0 amide bonds. The van der Waals surface area contributed by atoms with Crippen molar-refractivity contribution in [1.82, 2.24) is 0 Å². The predicted molar refractivity (Wildman–Crippen MR) is 124 cm³/mol. The monoisotopic (exact) mass is 470 g/mol. The quantitative estimate of drug-likeness (QED) is 0.333. The fraction of sp³-hybridized carbons (Fsp3) is 0.760. The van der Waals surface area contributed by atoms with Gasteiger partial charge in [-0.2, -0.15) is 0 Å². The molecule has 4 aliphatic rings. The fourth-order valence-electron chi connectivity index (χ4n) is 2.43. The van der Waals surface area contributed by atoms with E-state index >= 15 is 0 Å². The Hall–Kier alpha value is -1.10. The van der Waals surface area contributed by atoms with Crippen molar-refractivity contribution >= 4 is 0 Å². The van der Waals surface area contributed by atoms with Crippen molar-refractivity contribution in [2.75, 3.05) is 66.1 Å². The molecule has 0 radical (unpaired) electrons. The van der Waals surface area contributed by atoms with Gasteiger partial charge in [0.05, 0.1) is 52.9 Å². The van der Waals surface area contributed by atoms with Gasteiger partial charge in [0.15, 0.2) is 0 Å². The Kier molecular flexibility index (Phi) is 15.6. The third-order valence-corrected chi connectivity index (χ3v) is 4.83. The van der Waals surface area contributed by atoms with Gasteiger partial charge in [-0.1, -0.05) is 48.7 Å². The molecule has 8 nitrogen and oxygen atoms in total. The van der Waals surface area contributed by atoms with Crippen LogP contribution < -0.4 is 0 Å². The third kappa shape index (κ3) is 20.0. The average Bonchev–Trinajstić information content (AvgIpc) is 3.66. The van der Waals surface area contributed by atoms with Crippen LogP contribution in [0.3, 0.4) is 0 Å². The number of epoxide rings is 4. The molecule has 1 aromatic rings. The van der Waals surface area contributed by atoms with Crippen molar-refractivity contribution in [3.63, 3.8) is 0 Å². The number of hydrogen-bond donors (Lipinski definition) is 2. The summed E-state index contributed by atoms with van der Waals surface area (Å²) in [5.41, 5.74) is 1.32. The van der Waals surface area contributed by atoms with E-state index in [1.807, 2.05) is 18.2 Å². The Morgan fingerprint density at radius 1 is 0.636 bits per heavy atom. The number of aliphatic hydroxyl groups excluding tert-OH is 2. The largest absolute Gasteiger partial charge is 0.396 e. The average molecular weight is 471 g/mol. The molecule has 2 N–H and O–H groups in total. The van der Waals surface area contributed by atoms with Crippen molar-refractivity contribution in [2.45, 2.75) is 57.0 Å². The fourth-order valence-corrected chi connectivity index (χ4v) is 2.43. The second kappa shape index (κ2) is 18.3. The zero-order chi connectivity index (χ0) is 23.6. The molecular weight excluding hydrogens is 428 g/mol. The van der Waals surface area contributed by atoms with Gasteiger partial charge in [-0.25, -0.2) is 0 Å². The molecule has 190 valence electrons. The van der Waals surface area contributed by atoms with Crippen LogP contribution >= 0.6 is 0 Å². The maximum atomic E-state index is 8.30. The van der Waals surface area contributed by atoms with Crippen LogP contribution in [-0.2, 0) is 28.4 Å². The van der Waals surface area contributed by atoms with Crippen molar-refractivity contribution in [3.8, 4) is 0 Å². The van der Waals surface area contributed by atoms with Crippen LogP contribution in [0.1, 0.15) is 31.2 Å². The summed E-state index contributed by atoms with van der Waals surface area (Å²) in [7, 11) is 0. The molecule has 1 aromatic carbocycles. The number of hydrogen-bond acceptors (Lipinski definition) is 8. The molecule has 8 heteroatoms. The van der Waals surface area contributed by atoms with Gasteiger partial charge in [-0.3, -0.25) is 0 Å². The lowest BCUT2D eigenvalue weighted by Gasteiger charge is -1.95. The zero-order valence-corrected chi connectivity index (χ0v) is 19.9. The number of aryl methyl sites for hydroxylation is 1. The maximum absolute atomic E-state index is 8.30. The van der Waals surface area contributed by atoms with Gasteiger partial charge in [0.2, 0.25) is 0 Å². The SMILES string of the molecule is C(OCC1CO1)C1CO1.C(OCC1CO1)C1CO1.Cc1ccccc1.OCCCCCCO. The lowest BCUT2D eigenvalue weighted by atomic mass is 10.2. The highest BCUT2D eigenvalue weighted by Crippen LogP contribution is 2.13.